The van der Waals surface area contributed by atoms with Gasteiger partial charge >= 0.3 is 0 Å². The zero-order valence-electron chi connectivity index (χ0n) is 11.3. The second-order valence-corrected chi connectivity index (χ2v) is 4.45. The van der Waals surface area contributed by atoms with Gasteiger partial charge in [0.15, 0.2) is 0 Å². The fourth-order valence-corrected chi connectivity index (χ4v) is 2.08. The van der Waals surface area contributed by atoms with Crippen molar-refractivity contribution in [2.45, 2.75) is 13.8 Å². The smallest absolute Gasteiger partial charge is 0.0346 e. The minimum absolute atomic E-state index is 1.02. The molecule has 19 heavy (non-hydrogen) atoms. The van der Waals surface area contributed by atoms with Gasteiger partial charge in [0, 0.05) is 24.2 Å². The van der Waals surface area contributed by atoms with Gasteiger partial charge in [0.25, 0.3) is 0 Å². The molecular formula is C17H18N2. The van der Waals surface area contributed by atoms with E-state index in [0.29, 0.717) is 0 Å². The molecule has 2 heteroatoms. The van der Waals surface area contributed by atoms with Crippen LogP contribution in [0.5, 0.6) is 0 Å². The first-order valence-corrected chi connectivity index (χ1v) is 6.31. The lowest BCUT2D eigenvalue weighted by Gasteiger charge is -2.08. The highest BCUT2D eigenvalue weighted by molar-refractivity contribution is 5.78. The van der Waals surface area contributed by atoms with E-state index in [1.165, 1.54) is 5.56 Å². The fourth-order valence-electron chi connectivity index (χ4n) is 2.08. The van der Waals surface area contributed by atoms with Crippen LogP contribution in [0.25, 0.3) is 16.7 Å². The molecule has 0 saturated heterocycles. The van der Waals surface area contributed by atoms with Gasteiger partial charge in [0.05, 0.1) is 0 Å². The summed E-state index contributed by atoms with van der Waals surface area (Å²) in [6.07, 6.45) is 9.31. The second-order valence-electron chi connectivity index (χ2n) is 4.45. The predicted octanol–water partition coefficient (Wildman–Crippen LogP) is 3.93. The zero-order valence-corrected chi connectivity index (χ0v) is 11.3. The van der Waals surface area contributed by atoms with E-state index in [-0.39, 0.29) is 0 Å². The normalized spacial score (nSPS) is 12.0. The number of aryl methyl sites for hydroxylation is 1. The third-order valence-corrected chi connectivity index (χ3v) is 2.93. The van der Waals surface area contributed by atoms with E-state index in [9.17, 15) is 0 Å². The van der Waals surface area contributed by atoms with Crippen LogP contribution < -0.4 is 5.73 Å². The Labute approximate surface area is 114 Å². The van der Waals surface area contributed by atoms with Crippen molar-refractivity contribution in [3.8, 4) is 11.1 Å². The largest absolute Gasteiger partial charge is 0.404 e. The SMILES string of the molecule is CC=CC(=CN)c1cc(C)cc(-c2cccnc2)c1. The van der Waals surface area contributed by atoms with E-state index in [1.807, 2.05) is 31.3 Å². The Morgan fingerprint density at radius 1 is 1.21 bits per heavy atom. The fraction of sp³-hybridized carbons (Fsp3) is 0.118. The molecule has 0 bridgehead atoms. The molecule has 0 aliphatic carbocycles. The van der Waals surface area contributed by atoms with Crippen molar-refractivity contribution < 1.29 is 0 Å². The lowest BCUT2D eigenvalue weighted by atomic mass is 9.97. The van der Waals surface area contributed by atoms with Gasteiger partial charge < -0.3 is 5.73 Å². The van der Waals surface area contributed by atoms with Crippen LogP contribution in [0.2, 0.25) is 0 Å². The zero-order chi connectivity index (χ0) is 13.7. The Morgan fingerprint density at radius 3 is 2.68 bits per heavy atom. The van der Waals surface area contributed by atoms with Gasteiger partial charge in [-0.1, -0.05) is 30.4 Å². The molecule has 1 aromatic carbocycles. The number of nitrogens with two attached hydrogens (primary N) is 1. The molecule has 1 aromatic heterocycles. The van der Waals surface area contributed by atoms with Gasteiger partial charge in [-0.3, -0.25) is 4.98 Å². The van der Waals surface area contributed by atoms with Gasteiger partial charge in [0.2, 0.25) is 0 Å². The van der Waals surface area contributed by atoms with E-state index in [4.69, 9.17) is 5.73 Å². The van der Waals surface area contributed by atoms with Crippen molar-refractivity contribution in [2.24, 2.45) is 5.73 Å². The first-order chi connectivity index (χ1) is 9.24. The third kappa shape index (κ3) is 3.10. The average Bonchev–Trinajstić information content (AvgIpc) is 2.45. The summed E-state index contributed by atoms with van der Waals surface area (Å²) >= 11 is 0. The summed E-state index contributed by atoms with van der Waals surface area (Å²) in [6, 6.07) is 10.4. The van der Waals surface area contributed by atoms with Crippen LogP contribution in [0.4, 0.5) is 0 Å². The highest BCUT2D eigenvalue weighted by atomic mass is 14.6. The maximum Gasteiger partial charge on any atom is 0.0346 e. The number of hydrogen-bond donors (Lipinski definition) is 1. The quantitative estimate of drug-likeness (QED) is 0.838. The summed E-state index contributed by atoms with van der Waals surface area (Å²) in [5, 5.41) is 0. The highest BCUT2D eigenvalue weighted by Gasteiger charge is 2.03. The number of nitrogens with zero attached hydrogens (tertiary/aromatic N) is 1. The molecule has 1 heterocycles. The number of allylic oxidation sites excluding steroid dienone is 3. The van der Waals surface area contributed by atoms with Crippen molar-refractivity contribution in [3.63, 3.8) is 0 Å². The molecule has 0 amide bonds. The summed E-state index contributed by atoms with van der Waals surface area (Å²) in [5.41, 5.74) is 11.3. The average molecular weight is 250 g/mol. The van der Waals surface area contributed by atoms with Crippen molar-refractivity contribution in [3.05, 3.63) is 72.2 Å². The van der Waals surface area contributed by atoms with Gasteiger partial charge in [-0.25, -0.2) is 0 Å². The van der Waals surface area contributed by atoms with E-state index >= 15 is 0 Å². The van der Waals surface area contributed by atoms with Crippen LogP contribution in [0, 0.1) is 6.92 Å². The molecule has 2 aromatic rings. The van der Waals surface area contributed by atoms with Crippen molar-refractivity contribution >= 4 is 5.57 Å². The Kier molecular flexibility index (Phi) is 4.14. The molecule has 0 unspecified atom stereocenters. The molecule has 0 spiro atoms. The van der Waals surface area contributed by atoms with Crippen molar-refractivity contribution in [2.75, 3.05) is 0 Å². The molecule has 0 aliphatic rings. The van der Waals surface area contributed by atoms with E-state index < -0.39 is 0 Å². The number of aromatic nitrogens is 1. The monoisotopic (exact) mass is 250 g/mol. The number of pyridine rings is 1. The maximum atomic E-state index is 5.70. The molecule has 0 radical (unpaired) electrons. The number of benzene rings is 1. The number of hydrogen-bond acceptors (Lipinski definition) is 2. The van der Waals surface area contributed by atoms with Crippen LogP contribution >= 0.6 is 0 Å². The van der Waals surface area contributed by atoms with Gasteiger partial charge in [-0.05, 0) is 48.2 Å². The third-order valence-electron chi connectivity index (χ3n) is 2.93. The minimum Gasteiger partial charge on any atom is -0.404 e. The first kappa shape index (κ1) is 13.1. The van der Waals surface area contributed by atoms with E-state index in [0.717, 1.165) is 22.3 Å². The van der Waals surface area contributed by atoms with Gasteiger partial charge in [0.1, 0.15) is 0 Å². The molecule has 0 aliphatic heterocycles. The molecular weight excluding hydrogens is 232 g/mol. The van der Waals surface area contributed by atoms with E-state index in [1.54, 1.807) is 12.4 Å². The summed E-state index contributed by atoms with van der Waals surface area (Å²) < 4.78 is 0. The van der Waals surface area contributed by atoms with Gasteiger partial charge in [-0.2, -0.15) is 0 Å². The molecule has 96 valence electrons. The van der Waals surface area contributed by atoms with Crippen molar-refractivity contribution in [1.82, 2.24) is 4.98 Å². The summed E-state index contributed by atoms with van der Waals surface area (Å²) in [6.45, 7) is 4.08. The summed E-state index contributed by atoms with van der Waals surface area (Å²) in [5.74, 6) is 0. The minimum atomic E-state index is 1.02. The Bertz CT molecular complexity index is 610. The van der Waals surface area contributed by atoms with E-state index in [2.05, 4.69) is 36.2 Å². The molecule has 0 fully saturated rings. The summed E-state index contributed by atoms with van der Waals surface area (Å²) in [7, 11) is 0. The molecule has 2 rings (SSSR count). The second kappa shape index (κ2) is 6.01. The Balaban J connectivity index is 2.52. The molecule has 0 saturated carbocycles. The van der Waals surface area contributed by atoms with Gasteiger partial charge in [-0.15, -0.1) is 0 Å². The standard InChI is InChI=1S/C17H18N2/c1-3-5-14(11-18)16-8-13(2)9-17(10-16)15-6-4-7-19-12-15/h3-12H,18H2,1-2H3. The van der Waals surface area contributed by atoms with Crippen LogP contribution in [-0.4, -0.2) is 4.98 Å². The lowest BCUT2D eigenvalue weighted by Crippen LogP contribution is -1.90. The first-order valence-electron chi connectivity index (χ1n) is 6.31. The van der Waals surface area contributed by atoms with Crippen LogP contribution in [0.1, 0.15) is 18.1 Å². The lowest BCUT2D eigenvalue weighted by molar-refractivity contribution is 1.32. The maximum absolute atomic E-state index is 5.70. The van der Waals surface area contributed by atoms with Crippen molar-refractivity contribution in [1.29, 1.82) is 0 Å². The Hall–Kier alpha value is -2.35. The predicted molar refractivity (Wildman–Crippen MR) is 81.4 cm³/mol. The highest BCUT2D eigenvalue weighted by Crippen LogP contribution is 2.25. The molecule has 2 N–H and O–H groups in total. The molecule has 0 atom stereocenters. The summed E-state index contributed by atoms with van der Waals surface area (Å²) in [4.78, 5) is 4.17. The number of rotatable bonds is 3. The Morgan fingerprint density at radius 2 is 2.05 bits per heavy atom. The van der Waals surface area contributed by atoms with Crippen LogP contribution in [0.3, 0.4) is 0 Å². The molecule has 2 nitrogen and oxygen atoms in total. The van der Waals surface area contributed by atoms with Crippen LogP contribution in [0.15, 0.2) is 61.1 Å². The topological polar surface area (TPSA) is 38.9 Å². The van der Waals surface area contributed by atoms with Crippen LogP contribution in [-0.2, 0) is 0 Å².